The van der Waals surface area contributed by atoms with Crippen molar-refractivity contribution < 1.29 is 19.1 Å². The molecule has 1 fully saturated rings. The summed E-state index contributed by atoms with van der Waals surface area (Å²) < 4.78 is 12.1. The van der Waals surface area contributed by atoms with E-state index in [0.29, 0.717) is 48.0 Å². The largest absolute Gasteiger partial charge is 0.486 e. The van der Waals surface area contributed by atoms with Gasteiger partial charge in [-0.3, -0.25) is 4.79 Å². The summed E-state index contributed by atoms with van der Waals surface area (Å²) in [5, 5.41) is 6.36. The molecule has 3 aliphatic rings. The van der Waals surface area contributed by atoms with Gasteiger partial charge in [0.2, 0.25) is 11.9 Å². The molecule has 1 aromatic heterocycles. The normalized spacial score (nSPS) is 19.7. The molecule has 2 N–H and O–H groups in total. The van der Waals surface area contributed by atoms with E-state index >= 15 is 0 Å². The van der Waals surface area contributed by atoms with Crippen molar-refractivity contribution in [1.82, 2.24) is 14.9 Å². The summed E-state index contributed by atoms with van der Waals surface area (Å²) in [7, 11) is 4.00. The first-order valence-electron chi connectivity index (χ1n) is 14.8. The molecule has 0 saturated heterocycles. The zero-order chi connectivity index (χ0) is 29.2. The van der Waals surface area contributed by atoms with Gasteiger partial charge >= 0.3 is 5.97 Å². The highest BCUT2D eigenvalue weighted by molar-refractivity contribution is 6.03. The molecule has 6 rings (SSSR count). The molecule has 0 radical (unpaired) electrons. The third kappa shape index (κ3) is 5.63. The van der Waals surface area contributed by atoms with E-state index in [4.69, 9.17) is 14.5 Å². The fourth-order valence-corrected chi connectivity index (χ4v) is 6.32. The van der Waals surface area contributed by atoms with Crippen LogP contribution < -0.4 is 20.3 Å². The van der Waals surface area contributed by atoms with Crippen molar-refractivity contribution in [3.8, 4) is 5.75 Å². The van der Waals surface area contributed by atoms with Crippen LogP contribution in [-0.4, -0.2) is 65.6 Å². The van der Waals surface area contributed by atoms with Crippen LogP contribution >= 0.6 is 0 Å². The second-order valence-electron chi connectivity index (χ2n) is 11.6. The Labute approximate surface area is 246 Å². The summed E-state index contributed by atoms with van der Waals surface area (Å²) in [6, 6.07) is 13.3. The van der Waals surface area contributed by atoms with Crippen molar-refractivity contribution in [2.24, 2.45) is 0 Å². The monoisotopic (exact) mass is 570 g/mol. The smallest absolute Gasteiger partial charge is 0.338 e. The van der Waals surface area contributed by atoms with Crippen molar-refractivity contribution >= 4 is 35.0 Å². The predicted molar refractivity (Wildman–Crippen MR) is 161 cm³/mol. The number of fused-ring (bicyclic) bond motifs is 2. The molecule has 220 valence electrons. The summed E-state index contributed by atoms with van der Waals surface area (Å²) in [4.78, 5) is 39.8. The first kappa shape index (κ1) is 28.0. The number of aromatic nitrogens is 2. The molecule has 0 bridgehead atoms. The van der Waals surface area contributed by atoms with Crippen molar-refractivity contribution in [1.29, 1.82) is 0 Å². The van der Waals surface area contributed by atoms with Gasteiger partial charge in [-0.1, -0.05) is 50.1 Å². The number of esters is 1. The van der Waals surface area contributed by atoms with Gasteiger partial charge in [0.15, 0.2) is 5.82 Å². The van der Waals surface area contributed by atoms with Crippen LogP contribution in [0.4, 0.5) is 23.1 Å². The third-order valence-corrected chi connectivity index (χ3v) is 8.24. The number of benzene rings is 2. The predicted octanol–water partition coefficient (Wildman–Crippen LogP) is 4.92. The molecule has 1 amide bonds. The first-order chi connectivity index (χ1) is 20.4. The quantitative estimate of drug-likeness (QED) is 0.347. The minimum absolute atomic E-state index is 0.00546. The highest BCUT2D eigenvalue weighted by Gasteiger charge is 2.39. The summed E-state index contributed by atoms with van der Waals surface area (Å²) in [6.45, 7) is 2.94. The Morgan fingerprint density at radius 2 is 1.95 bits per heavy atom. The van der Waals surface area contributed by atoms with Gasteiger partial charge in [0.1, 0.15) is 30.2 Å². The number of anilines is 4. The topological polar surface area (TPSA) is 109 Å². The molecule has 1 saturated carbocycles. The average Bonchev–Trinajstić information content (AvgIpc) is 3.66. The number of hydrogen-bond acceptors (Lipinski definition) is 9. The van der Waals surface area contributed by atoms with Gasteiger partial charge in [-0.15, -0.1) is 0 Å². The van der Waals surface area contributed by atoms with E-state index in [-0.39, 0.29) is 36.7 Å². The van der Waals surface area contributed by atoms with Crippen LogP contribution in [0.25, 0.3) is 0 Å². The average molecular weight is 571 g/mol. The minimum Gasteiger partial charge on any atom is -0.486 e. The number of hydrogen-bond donors (Lipinski definition) is 2. The lowest BCUT2D eigenvalue weighted by atomic mass is 10.0. The fourth-order valence-electron chi connectivity index (χ4n) is 6.32. The number of rotatable bonds is 9. The highest BCUT2D eigenvalue weighted by atomic mass is 16.5. The summed E-state index contributed by atoms with van der Waals surface area (Å²) in [5.41, 5.74) is 3.56. The summed E-state index contributed by atoms with van der Waals surface area (Å²) >= 11 is 0. The van der Waals surface area contributed by atoms with E-state index in [1.807, 2.05) is 57.4 Å². The molecule has 2 atom stereocenters. The Balaban J connectivity index is 1.29. The Bertz CT molecular complexity index is 1460. The van der Waals surface area contributed by atoms with Crippen LogP contribution in [0.2, 0.25) is 0 Å². The zero-order valence-corrected chi connectivity index (χ0v) is 24.4. The number of amides is 1. The number of carbonyl (C=O) groups is 2. The number of nitrogens with zero attached hydrogens (tertiary/aromatic N) is 4. The third-order valence-electron chi connectivity index (χ3n) is 8.24. The highest BCUT2D eigenvalue weighted by Crippen LogP contribution is 2.42. The SMILES string of the molecule is CC[C@@H]1C(=O)Nc2cnc(Nc3ccc(C(=O)OCc4ccccc4)c4c3OC(CN(C)C)C4)nc2N1C1CCCC1. The lowest BCUT2D eigenvalue weighted by Crippen LogP contribution is -2.52. The standard InChI is InChI=1S/C32H38N6O4/c1-4-27-30(39)34-26-17-33-32(36-29(26)38(27)21-12-8-9-13-21)35-25-15-14-23(24-16-22(18-37(2)3)42-28(24)25)31(40)41-19-20-10-6-5-7-11-20/h5-7,10-11,14-15,17,21-22,27H,4,8-9,12-13,16,18-19H2,1-3H3,(H,34,39)(H,33,35,36)/t22?,27-/m1/s1. The van der Waals surface area contributed by atoms with E-state index in [2.05, 4.69) is 25.4 Å². The Kier molecular flexibility index (Phi) is 7.97. The molecule has 42 heavy (non-hydrogen) atoms. The number of nitrogens with one attached hydrogen (secondary N) is 2. The summed E-state index contributed by atoms with van der Waals surface area (Å²) in [5.74, 6) is 1.38. The van der Waals surface area contributed by atoms with Crippen molar-refractivity contribution in [3.63, 3.8) is 0 Å². The van der Waals surface area contributed by atoms with Crippen LogP contribution in [0, 0.1) is 0 Å². The molecule has 1 aliphatic carbocycles. The van der Waals surface area contributed by atoms with Crippen LogP contribution in [0.1, 0.15) is 60.5 Å². The van der Waals surface area contributed by atoms with E-state index in [1.54, 1.807) is 12.3 Å². The molecule has 1 unspecified atom stereocenters. The van der Waals surface area contributed by atoms with Crippen LogP contribution in [-0.2, 0) is 22.6 Å². The summed E-state index contributed by atoms with van der Waals surface area (Å²) in [6.07, 6.45) is 7.25. The van der Waals surface area contributed by atoms with Crippen molar-refractivity contribution in [3.05, 3.63) is 65.4 Å². The van der Waals surface area contributed by atoms with Gasteiger partial charge in [0.25, 0.3) is 0 Å². The number of likely N-dealkylation sites (N-methyl/N-ethyl adjacent to an activating group) is 1. The Hall–Kier alpha value is -4.18. The van der Waals surface area contributed by atoms with E-state index < -0.39 is 0 Å². The molecular weight excluding hydrogens is 532 g/mol. The van der Waals surface area contributed by atoms with E-state index in [0.717, 1.165) is 42.6 Å². The maximum atomic E-state index is 13.2. The van der Waals surface area contributed by atoms with Gasteiger partial charge < -0.3 is 29.9 Å². The Morgan fingerprint density at radius 1 is 1.17 bits per heavy atom. The number of carbonyl (C=O) groups excluding carboxylic acids is 2. The van der Waals surface area contributed by atoms with Gasteiger partial charge in [0.05, 0.1) is 17.4 Å². The second-order valence-corrected chi connectivity index (χ2v) is 11.6. The number of ether oxygens (including phenoxy) is 2. The molecular formula is C32H38N6O4. The molecule has 3 heterocycles. The maximum absolute atomic E-state index is 13.2. The second kappa shape index (κ2) is 12.0. The fraction of sp³-hybridized carbons (Fsp3) is 0.438. The van der Waals surface area contributed by atoms with E-state index in [1.165, 1.54) is 0 Å². The van der Waals surface area contributed by atoms with Crippen LogP contribution in [0.5, 0.6) is 5.75 Å². The van der Waals surface area contributed by atoms with Crippen LogP contribution in [0.15, 0.2) is 48.7 Å². The van der Waals surface area contributed by atoms with Crippen LogP contribution in [0.3, 0.4) is 0 Å². The Morgan fingerprint density at radius 3 is 2.69 bits per heavy atom. The molecule has 2 aliphatic heterocycles. The molecule has 10 heteroatoms. The molecule has 10 nitrogen and oxygen atoms in total. The molecule has 3 aromatic rings. The molecule has 2 aromatic carbocycles. The van der Waals surface area contributed by atoms with Gasteiger partial charge in [-0.05, 0) is 51.1 Å². The van der Waals surface area contributed by atoms with Gasteiger partial charge in [-0.25, -0.2) is 9.78 Å². The van der Waals surface area contributed by atoms with Crippen molar-refractivity contribution in [2.45, 2.75) is 70.2 Å². The zero-order valence-electron chi connectivity index (χ0n) is 24.4. The van der Waals surface area contributed by atoms with Crippen molar-refractivity contribution in [2.75, 3.05) is 36.2 Å². The van der Waals surface area contributed by atoms with E-state index in [9.17, 15) is 9.59 Å². The first-order valence-corrected chi connectivity index (χ1v) is 14.8. The van der Waals surface area contributed by atoms with Gasteiger partial charge in [0, 0.05) is 24.6 Å². The maximum Gasteiger partial charge on any atom is 0.338 e. The molecule has 0 spiro atoms. The lowest BCUT2D eigenvalue weighted by Gasteiger charge is -2.40. The lowest BCUT2D eigenvalue weighted by molar-refractivity contribution is -0.117. The minimum atomic E-state index is -0.380. The van der Waals surface area contributed by atoms with Gasteiger partial charge in [-0.2, -0.15) is 4.98 Å².